The van der Waals surface area contributed by atoms with E-state index in [1.54, 1.807) is 18.5 Å². The quantitative estimate of drug-likeness (QED) is 0.900. The summed E-state index contributed by atoms with van der Waals surface area (Å²) in [5.74, 6) is -0.101. The molecule has 2 rings (SSSR count). The minimum atomic E-state index is -0.101. The predicted octanol–water partition coefficient (Wildman–Crippen LogP) is 1.75. The number of hydrogen-bond donors (Lipinski definition) is 1. The molecule has 1 saturated heterocycles. The molecule has 16 heavy (non-hydrogen) atoms. The molecule has 1 fully saturated rings. The first-order valence-corrected chi connectivity index (χ1v) is 5.99. The third kappa shape index (κ3) is 2.59. The van der Waals surface area contributed by atoms with Crippen LogP contribution in [0.25, 0.3) is 0 Å². The topological polar surface area (TPSA) is 51.2 Å². The Morgan fingerprint density at radius 1 is 1.62 bits per heavy atom. The number of hydrogen-bond acceptors (Lipinski definition) is 3. The van der Waals surface area contributed by atoms with Crippen LogP contribution in [0.5, 0.6) is 0 Å². The molecule has 0 aliphatic carbocycles. The zero-order valence-corrected chi connectivity index (χ0v) is 10.5. The maximum Gasteiger partial charge on any atom is 0.253 e. The average Bonchev–Trinajstić information content (AvgIpc) is 2.64. The van der Waals surface area contributed by atoms with Crippen molar-refractivity contribution in [3.05, 3.63) is 28.5 Å². The molecular formula is C11H13BrN2O2. The first kappa shape index (κ1) is 11.5. The fraction of sp³-hybridized carbons (Fsp3) is 0.455. The summed E-state index contributed by atoms with van der Waals surface area (Å²) < 4.78 is 6.19. The Morgan fingerprint density at radius 3 is 3.06 bits per heavy atom. The Kier molecular flexibility index (Phi) is 3.56. The SMILES string of the molecule is CC1OCCC1NC(=O)c1cncc(Br)c1. The molecule has 1 N–H and O–H groups in total. The molecule has 0 bridgehead atoms. The van der Waals surface area contributed by atoms with Crippen LogP contribution in [0.1, 0.15) is 23.7 Å². The molecule has 4 nitrogen and oxygen atoms in total. The van der Waals surface area contributed by atoms with E-state index in [4.69, 9.17) is 4.74 Å². The van der Waals surface area contributed by atoms with Gasteiger partial charge in [0.1, 0.15) is 0 Å². The van der Waals surface area contributed by atoms with Gasteiger partial charge in [-0.3, -0.25) is 9.78 Å². The molecule has 1 aliphatic heterocycles. The number of nitrogens with zero attached hydrogens (tertiary/aromatic N) is 1. The Morgan fingerprint density at radius 2 is 2.44 bits per heavy atom. The van der Waals surface area contributed by atoms with Crippen molar-refractivity contribution in [3.63, 3.8) is 0 Å². The molecule has 1 aromatic heterocycles. The average molecular weight is 285 g/mol. The van der Waals surface area contributed by atoms with Crippen LogP contribution in [-0.2, 0) is 4.74 Å². The Labute approximate surface area is 103 Å². The van der Waals surface area contributed by atoms with E-state index in [1.165, 1.54) is 0 Å². The molecule has 5 heteroatoms. The van der Waals surface area contributed by atoms with E-state index in [-0.39, 0.29) is 18.1 Å². The number of carbonyl (C=O) groups excluding carboxylic acids is 1. The van der Waals surface area contributed by atoms with Crippen molar-refractivity contribution in [3.8, 4) is 0 Å². The first-order valence-electron chi connectivity index (χ1n) is 5.20. The molecule has 0 aromatic carbocycles. The maximum absolute atomic E-state index is 11.9. The van der Waals surface area contributed by atoms with Gasteiger partial charge in [-0.1, -0.05) is 0 Å². The van der Waals surface area contributed by atoms with Gasteiger partial charge >= 0.3 is 0 Å². The van der Waals surface area contributed by atoms with Gasteiger partial charge in [0, 0.05) is 23.5 Å². The van der Waals surface area contributed by atoms with Gasteiger partial charge in [0.05, 0.1) is 17.7 Å². The lowest BCUT2D eigenvalue weighted by Gasteiger charge is -2.15. The first-order chi connectivity index (χ1) is 7.66. The van der Waals surface area contributed by atoms with Gasteiger partial charge in [-0.2, -0.15) is 0 Å². The van der Waals surface area contributed by atoms with Crippen molar-refractivity contribution in [1.82, 2.24) is 10.3 Å². The summed E-state index contributed by atoms with van der Waals surface area (Å²) in [4.78, 5) is 15.8. The number of amides is 1. The second-order valence-electron chi connectivity index (χ2n) is 3.84. The molecule has 1 aromatic rings. The lowest BCUT2D eigenvalue weighted by Crippen LogP contribution is -2.39. The maximum atomic E-state index is 11.9. The highest BCUT2D eigenvalue weighted by atomic mass is 79.9. The normalized spacial score (nSPS) is 24.4. The van der Waals surface area contributed by atoms with Crippen molar-refractivity contribution in [2.45, 2.75) is 25.5 Å². The van der Waals surface area contributed by atoms with Crippen molar-refractivity contribution in [2.75, 3.05) is 6.61 Å². The van der Waals surface area contributed by atoms with Crippen molar-refractivity contribution in [1.29, 1.82) is 0 Å². The van der Waals surface area contributed by atoms with E-state index in [0.29, 0.717) is 12.2 Å². The summed E-state index contributed by atoms with van der Waals surface area (Å²) in [6.45, 7) is 2.68. The third-order valence-electron chi connectivity index (χ3n) is 2.66. The highest BCUT2D eigenvalue weighted by Gasteiger charge is 2.25. The Balaban J connectivity index is 2.03. The lowest BCUT2D eigenvalue weighted by molar-refractivity contribution is 0.0866. The number of halogens is 1. The molecule has 0 saturated carbocycles. The van der Waals surface area contributed by atoms with E-state index >= 15 is 0 Å². The van der Waals surface area contributed by atoms with Crippen LogP contribution >= 0.6 is 15.9 Å². The van der Waals surface area contributed by atoms with E-state index in [1.807, 2.05) is 6.92 Å². The van der Waals surface area contributed by atoms with E-state index in [0.717, 1.165) is 10.9 Å². The van der Waals surface area contributed by atoms with Crippen LogP contribution in [0, 0.1) is 0 Å². The molecule has 1 amide bonds. The standard InChI is InChI=1S/C11H13BrN2O2/c1-7-10(2-3-16-7)14-11(15)8-4-9(12)6-13-5-8/h4-7,10H,2-3H2,1H3,(H,14,15). The van der Waals surface area contributed by atoms with E-state index in [9.17, 15) is 4.79 Å². The summed E-state index contributed by atoms with van der Waals surface area (Å²) in [6, 6.07) is 1.86. The minimum absolute atomic E-state index is 0.0871. The van der Waals surface area contributed by atoms with Gasteiger partial charge in [0.2, 0.25) is 0 Å². The van der Waals surface area contributed by atoms with Crippen LogP contribution in [0.3, 0.4) is 0 Å². The molecule has 2 heterocycles. The Hall–Kier alpha value is -0.940. The number of nitrogens with one attached hydrogen (secondary N) is 1. The summed E-state index contributed by atoms with van der Waals surface area (Å²) in [6.07, 6.45) is 4.16. The molecule has 0 spiro atoms. The molecular weight excluding hydrogens is 272 g/mol. The third-order valence-corrected chi connectivity index (χ3v) is 3.09. The fourth-order valence-electron chi connectivity index (χ4n) is 1.71. The van der Waals surface area contributed by atoms with Gasteiger partial charge in [0.15, 0.2) is 0 Å². The molecule has 86 valence electrons. The van der Waals surface area contributed by atoms with Crippen molar-refractivity contribution >= 4 is 21.8 Å². The van der Waals surface area contributed by atoms with Gasteiger partial charge in [-0.25, -0.2) is 0 Å². The van der Waals surface area contributed by atoms with Crippen LogP contribution in [-0.4, -0.2) is 29.6 Å². The predicted molar refractivity (Wildman–Crippen MR) is 63.2 cm³/mol. The number of carbonyl (C=O) groups is 1. The van der Waals surface area contributed by atoms with Crippen LogP contribution in [0.4, 0.5) is 0 Å². The zero-order valence-electron chi connectivity index (χ0n) is 8.94. The van der Waals surface area contributed by atoms with Gasteiger partial charge in [-0.05, 0) is 35.3 Å². The number of rotatable bonds is 2. The van der Waals surface area contributed by atoms with E-state index in [2.05, 4.69) is 26.2 Å². The van der Waals surface area contributed by atoms with Crippen molar-refractivity contribution < 1.29 is 9.53 Å². The van der Waals surface area contributed by atoms with Crippen LogP contribution in [0.2, 0.25) is 0 Å². The number of ether oxygens (including phenoxy) is 1. The van der Waals surface area contributed by atoms with Crippen molar-refractivity contribution in [2.24, 2.45) is 0 Å². The van der Waals surface area contributed by atoms with Crippen LogP contribution < -0.4 is 5.32 Å². The molecule has 2 atom stereocenters. The second-order valence-corrected chi connectivity index (χ2v) is 4.75. The van der Waals surface area contributed by atoms with Gasteiger partial charge in [0.25, 0.3) is 5.91 Å². The van der Waals surface area contributed by atoms with E-state index < -0.39 is 0 Å². The highest BCUT2D eigenvalue weighted by molar-refractivity contribution is 9.10. The lowest BCUT2D eigenvalue weighted by atomic mass is 10.1. The van der Waals surface area contributed by atoms with Crippen LogP contribution in [0.15, 0.2) is 22.9 Å². The second kappa shape index (κ2) is 4.93. The van der Waals surface area contributed by atoms with Gasteiger partial charge < -0.3 is 10.1 Å². The molecule has 1 aliphatic rings. The summed E-state index contributed by atoms with van der Waals surface area (Å²) in [5, 5.41) is 2.95. The molecule has 0 radical (unpaired) electrons. The number of pyridine rings is 1. The summed E-state index contributed by atoms with van der Waals surface area (Å²) >= 11 is 3.29. The molecule has 2 unspecified atom stereocenters. The zero-order chi connectivity index (χ0) is 11.5. The highest BCUT2D eigenvalue weighted by Crippen LogP contribution is 2.14. The summed E-state index contributed by atoms with van der Waals surface area (Å²) in [7, 11) is 0. The Bertz CT molecular complexity index is 397. The largest absolute Gasteiger partial charge is 0.376 e. The number of aromatic nitrogens is 1. The monoisotopic (exact) mass is 284 g/mol. The van der Waals surface area contributed by atoms with Gasteiger partial charge in [-0.15, -0.1) is 0 Å². The minimum Gasteiger partial charge on any atom is -0.376 e. The fourth-order valence-corrected chi connectivity index (χ4v) is 2.07. The summed E-state index contributed by atoms with van der Waals surface area (Å²) in [5.41, 5.74) is 0.563. The smallest absolute Gasteiger partial charge is 0.253 e.